The summed E-state index contributed by atoms with van der Waals surface area (Å²) in [7, 11) is 1.75. The Kier molecular flexibility index (Phi) is 6.03. The fraction of sp³-hybridized carbons (Fsp3) is 0.647. The molecule has 0 aliphatic heterocycles. The van der Waals surface area contributed by atoms with Gasteiger partial charge >= 0.3 is 0 Å². The zero-order valence-corrected chi connectivity index (χ0v) is 13.1. The molecule has 2 N–H and O–H groups in total. The summed E-state index contributed by atoms with van der Waals surface area (Å²) in [6, 6.07) is 7.87. The average molecular weight is 293 g/mol. The van der Waals surface area contributed by atoms with Gasteiger partial charge in [0.15, 0.2) is 0 Å². The Bertz CT molecular complexity index is 415. The summed E-state index contributed by atoms with van der Waals surface area (Å²) in [4.78, 5) is 0. The molecule has 1 aromatic rings. The highest BCUT2D eigenvalue weighted by Crippen LogP contribution is 2.48. The van der Waals surface area contributed by atoms with Gasteiger partial charge in [-0.15, -0.1) is 0 Å². The van der Waals surface area contributed by atoms with Crippen LogP contribution in [0, 0.1) is 12.3 Å². The van der Waals surface area contributed by atoms with Crippen LogP contribution in [0.4, 0.5) is 0 Å². The molecule has 1 atom stereocenters. The molecule has 1 unspecified atom stereocenters. The summed E-state index contributed by atoms with van der Waals surface area (Å²) in [5.41, 5.74) is 1.61. The normalized spacial score (nSPS) is 17.5. The standard InChI is InChI=1S/C17H27NO3/c1-14-3-5-16(6-4-14)21-12-15(19)11-18-13-17(7-8-17)9-10-20-2/h3-6,15,18-19H,7-13H2,1-2H3. The van der Waals surface area contributed by atoms with Gasteiger partial charge in [0.1, 0.15) is 18.5 Å². The first kappa shape index (κ1) is 16.3. The molecule has 2 rings (SSSR count). The number of ether oxygens (including phenoxy) is 2. The van der Waals surface area contributed by atoms with E-state index in [0.29, 0.717) is 18.6 Å². The zero-order valence-electron chi connectivity index (χ0n) is 13.1. The lowest BCUT2D eigenvalue weighted by molar-refractivity contribution is 0.104. The van der Waals surface area contributed by atoms with E-state index < -0.39 is 6.10 Å². The zero-order chi connectivity index (χ0) is 15.1. The molecule has 118 valence electrons. The highest BCUT2D eigenvalue weighted by molar-refractivity contribution is 5.26. The topological polar surface area (TPSA) is 50.7 Å². The van der Waals surface area contributed by atoms with Crippen LogP contribution in [0.3, 0.4) is 0 Å². The van der Waals surface area contributed by atoms with Crippen molar-refractivity contribution >= 4 is 0 Å². The van der Waals surface area contributed by atoms with Crippen molar-refractivity contribution in [3.8, 4) is 5.75 Å². The number of nitrogens with one attached hydrogen (secondary N) is 1. The Hall–Kier alpha value is -1.10. The van der Waals surface area contributed by atoms with Gasteiger partial charge < -0.3 is 19.9 Å². The summed E-state index contributed by atoms with van der Waals surface area (Å²) in [5.74, 6) is 0.804. The van der Waals surface area contributed by atoms with Crippen LogP contribution >= 0.6 is 0 Å². The Balaban J connectivity index is 1.59. The summed E-state index contributed by atoms with van der Waals surface area (Å²) >= 11 is 0. The predicted octanol–water partition coefficient (Wildman–Crippen LogP) is 2.14. The van der Waals surface area contributed by atoms with E-state index in [1.54, 1.807) is 7.11 Å². The fourth-order valence-electron chi connectivity index (χ4n) is 2.40. The van der Waals surface area contributed by atoms with Crippen LogP contribution in [0.5, 0.6) is 5.75 Å². The summed E-state index contributed by atoms with van der Waals surface area (Å²) < 4.78 is 10.7. The highest BCUT2D eigenvalue weighted by atomic mass is 16.5. The third-order valence-corrected chi connectivity index (χ3v) is 4.14. The first-order chi connectivity index (χ1) is 10.1. The van der Waals surface area contributed by atoms with Gasteiger partial charge in [-0.3, -0.25) is 0 Å². The quantitative estimate of drug-likeness (QED) is 0.694. The van der Waals surface area contributed by atoms with Crippen LogP contribution in [0.15, 0.2) is 24.3 Å². The molecule has 1 aliphatic rings. The Morgan fingerprint density at radius 2 is 2.00 bits per heavy atom. The van der Waals surface area contributed by atoms with Crippen LogP contribution in [-0.4, -0.2) is 44.6 Å². The second-order valence-electron chi connectivity index (χ2n) is 6.15. The predicted molar refractivity (Wildman–Crippen MR) is 83.7 cm³/mol. The van der Waals surface area contributed by atoms with Crippen molar-refractivity contribution in [2.75, 3.05) is 33.4 Å². The highest BCUT2D eigenvalue weighted by Gasteiger charge is 2.41. The summed E-state index contributed by atoms with van der Waals surface area (Å²) in [6.45, 7) is 4.71. The van der Waals surface area contributed by atoms with E-state index >= 15 is 0 Å². The van der Waals surface area contributed by atoms with E-state index in [-0.39, 0.29) is 0 Å². The van der Waals surface area contributed by atoms with Crippen molar-refractivity contribution in [3.63, 3.8) is 0 Å². The molecule has 0 spiro atoms. The molecular weight excluding hydrogens is 266 g/mol. The number of aliphatic hydroxyl groups excluding tert-OH is 1. The third-order valence-electron chi connectivity index (χ3n) is 4.14. The van der Waals surface area contributed by atoms with E-state index in [9.17, 15) is 5.11 Å². The van der Waals surface area contributed by atoms with Crippen LogP contribution in [0.2, 0.25) is 0 Å². The lowest BCUT2D eigenvalue weighted by atomic mass is 10.0. The van der Waals surface area contributed by atoms with Gasteiger partial charge in [0.25, 0.3) is 0 Å². The smallest absolute Gasteiger partial charge is 0.119 e. The van der Waals surface area contributed by atoms with Crippen molar-refractivity contribution in [2.24, 2.45) is 5.41 Å². The maximum absolute atomic E-state index is 9.95. The fourth-order valence-corrected chi connectivity index (χ4v) is 2.40. The van der Waals surface area contributed by atoms with Gasteiger partial charge in [-0.25, -0.2) is 0 Å². The monoisotopic (exact) mass is 293 g/mol. The van der Waals surface area contributed by atoms with Crippen LogP contribution < -0.4 is 10.1 Å². The number of rotatable bonds is 10. The number of aliphatic hydroxyl groups is 1. The lowest BCUT2D eigenvalue weighted by Gasteiger charge is -2.18. The molecule has 4 heteroatoms. The lowest BCUT2D eigenvalue weighted by Crippen LogP contribution is -2.35. The van der Waals surface area contributed by atoms with E-state index in [1.807, 2.05) is 31.2 Å². The van der Waals surface area contributed by atoms with Gasteiger partial charge in [-0.1, -0.05) is 17.7 Å². The maximum Gasteiger partial charge on any atom is 0.119 e. The van der Waals surface area contributed by atoms with E-state index in [1.165, 1.54) is 18.4 Å². The van der Waals surface area contributed by atoms with Gasteiger partial charge in [0.2, 0.25) is 0 Å². The molecule has 0 aromatic heterocycles. The Morgan fingerprint density at radius 1 is 1.29 bits per heavy atom. The van der Waals surface area contributed by atoms with Gasteiger partial charge in [-0.2, -0.15) is 0 Å². The Morgan fingerprint density at radius 3 is 2.62 bits per heavy atom. The number of hydrogen-bond donors (Lipinski definition) is 2. The molecule has 0 amide bonds. The minimum atomic E-state index is -0.482. The summed E-state index contributed by atoms with van der Waals surface area (Å²) in [5, 5.41) is 13.3. The molecule has 21 heavy (non-hydrogen) atoms. The third kappa shape index (κ3) is 5.65. The molecular formula is C17H27NO3. The summed E-state index contributed by atoms with van der Waals surface area (Å²) in [6.07, 6.45) is 3.15. The largest absolute Gasteiger partial charge is 0.491 e. The molecule has 0 radical (unpaired) electrons. The van der Waals surface area contributed by atoms with Crippen molar-refractivity contribution < 1.29 is 14.6 Å². The molecule has 1 saturated carbocycles. The number of aryl methyl sites for hydroxylation is 1. The van der Waals surface area contributed by atoms with Crippen LogP contribution in [0.25, 0.3) is 0 Å². The SMILES string of the molecule is COCCC1(CNCC(O)COc2ccc(C)cc2)CC1. The molecule has 0 bridgehead atoms. The number of hydrogen-bond acceptors (Lipinski definition) is 4. The molecule has 1 aliphatic carbocycles. The van der Waals surface area contributed by atoms with Crippen molar-refractivity contribution in [2.45, 2.75) is 32.3 Å². The van der Waals surface area contributed by atoms with Crippen molar-refractivity contribution in [1.82, 2.24) is 5.32 Å². The maximum atomic E-state index is 9.95. The van der Waals surface area contributed by atoms with Crippen LogP contribution in [0.1, 0.15) is 24.8 Å². The molecule has 1 fully saturated rings. The van der Waals surface area contributed by atoms with Crippen molar-refractivity contribution in [3.05, 3.63) is 29.8 Å². The molecule has 1 aromatic carbocycles. The first-order valence-electron chi connectivity index (χ1n) is 7.71. The molecule has 4 nitrogen and oxygen atoms in total. The minimum absolute atomic E-state index is 0.321. The Labute approximate surface area is 127 Å². The second-order valence-corrected chi connectivity index (χ2v) is 6.15. The van der Waals surface area contributed by atoms with Gasteiger partial charge in [0, 0.05) is 26.8 Å². The molecule has 0 heterocycles. The second kappa shape index (κ2) is 7.78. The minimum Gasteiger partial charge on any atom is -0.491 e. The first-order valence-corrected chi connectivity index (χ1v) is 7.71. The van der Waals surface area contributed by atoms with E-state index in [0.717, 1.165) is 25.3 Å². The number of methoxy groups -OCH3 is 1. The van der Waals surface area contributed by atoms with Crippen LogP contribution in [-0.2, 0) is 4.74 Å². The van der Waals surface area contributed by atoms with Crippen molar-refractivity contribution in [1.29, 1.82) is 0 Å². The average Bonchev–Trinajstić information content (AvgIpc) is 3.25. The van der Waals surface area contributed by atoms with Gasteiger partial charge in [0.05, 0.1) is 0 Å². The number of benzene rings is 1. The van der Waals surface area contributed by atoms with E-state index in [2.05, 4.69) is 5.32 Å². The van der Waals surface area contributed by atoms with E-state index in [4.69, 9.17) is 9.47 Å². The van der Waals surface area contributed by atoms with Gasteiger partial charge in [-0.05, 0) is 43.7 Å². The molecule has 0 saturated heterocycles.